The van der Waals surface area contributed by atoms with E-state index in [1.54, 1.807) is 42.4 Å². The number of methoxy groups -OCH3 is 1. The molecule has 4 aromatic rings. The summed E-state index contributed by atoms with van der Waals surface area (Å²) in [6, 6.07) is 15.3. The molecule has 0 unspecified atom stereocenters. The van der Waals surface area contributed by atoms with Crippen LogP contribution in [0.5, 0.6) is 11.6 Å². The number of hydrogen-bond donors (Lipinski definition) is 1. The van der Waals surface area contributed by atoms with Gasteiger partial charge in [0.05, 0.1) is 30.6 Å². The number of ether oxygens (including phenoxy) is 2. The van der Waals surface area contributed by atoms with Crippen molar-refractivity contribution in [1.82, 2.24) is 20.1 Å². The predicted octanol–water partition coefficient (Wildman–Crippen LogP) is 6.51. The second-order valence-corrected chi connectivity index (χ2v) is 8.50. The van der Waals surface area contributed by atoms with Crippen LogP contribution in [0.2, 0.25) is 0 Å². The molecule has 1 N–H and O–H groups in total. The van der Waals surface area contributed by atoms with Gasteiger partial charge in [-0.2, -0.15) is 5.10 Å². The van der Waals surface area contributed by atoms with E-state index < -0.39 is 6.10 Å². The van der Waals surface area contributed by atoms with E-state index in [2.05, 4.69) is 15.4 Å². The number of aromatic nitrogens is 3. The van der Waals surface area contributed by atoms with Crippen LogP contribution in [0.25, 0.3) is 16.6 Å². The molecule has 2 atom stereocenters. The van der Waals surface area contributed by atoms with Gasteiger partial charge in [-0.3, -0.25) is 4.79 Å². The monoisotopic (exact) mass is 508 g/mol. The molecular weight excluding hydrogens is 471 g/mol. The Labute approximate surface area is 218 Å². The third kappa shape index (κ3) is 6.44. The summed E-state index contributed by atoms with van der Waals surface area (Å²) >= 11 is 0. The number of nitrogens with one attached hydrogen (secondary N) is 1. The van der Waals surface area contributed by atoms with E-state index in [1.165, 1.54) is 12.1 Å². The van der Waals surface area contributed by atoms with Crippen LogP contribution in [0.15, 0.2) is 67.0 Å². The number of amides is 1. The second-order valence-electron chi connectivity index (χ2n) is 8.50. The van der Waals surface area contributed by atoms with Crippen molar-refractivity contribution < 1.29 is 18.7 Å². The molecule has 0 bridgehead atoms. The van der Waals surface area contributed by atoms with Crippen molar-refractivity contribution in [3.05, 3.63) is 78.4 Å². The first kappa shape index (κ1) is 29.3. The maximum Gasteiger partial charge on any atom is 0.223 e. The SMILES string of the molecule is C.C.C.COc1ccc([C@@H](Oc2ccc3c(cnn3-c3ccc(F)cc3)c2)[C@H](C)NC(=O)C2CC2)cn1. The van der Waals surface area contributed by atoms with Crippen molar-refractivity contribution >= 4 is 16.8 Å². The smallest absolute Gasteiger partial charge is 0.223 e. The predicted molar refractivity (Wildman–Crippen MR) is 146 cm³/mol. The van der Waals surface area contributed by atoms with E-state index in [-0.39, 0.29) is 46.0 Å². The minimum Gasteiger partial charge on any atom is -0.484 e. The van der Waals surface area contributed by atoms with Gasteiger partial charge >= 0.3 is 0 Å². The number of rotatable bonds is 8. The fourth-order valence-electron chi connectivity index (χ4n) is 3.92. The molecule has 1 amide bonds. The van der Waals surface area contributed by atoms with Crippen LogP contribution in [-0.4, -0.2) is 33.8 Å². The second kappa shape index (κ2) is 12.3. The van der Waals surface area contributed by atoms with Crippen molar-refractivity contribution in [2.45, 2.75) is 54.2 Å². The first-order valence-electron chi connectivity index (χ1n) is 11.2. The molecule has 37 heavy (non-hydrogen) atoms. The first-order chi connectivity index (χ1) is 16.5. The normalized spacial score (nSPS) is 13.8. The quantitative estimate of drug-likeness (QED) is 0.293. The topological polar surface area (TPSA) is 78.3 Å². The summed E-state index contributed by atoms with van der Waals surface area (Å²) in [6.07, 6.45) is 4.86. The van der Waals surface area contributed by atoms with E-state index in [0.29, 0.717) is 11.6 Å². The standard InChI is InChI=1S/C26H25FN4O3.3CH4/c1-16(30-26(32)17-3-4-17)25(18-5-12-24(33-2)28-14-18)34-22-10-11-23-19(13-22)15-29-31(23)21-8-6-20(27)7-9-21;;;/h5-17,25H,3-4H2,1-2H3,(H,30,32);3*1H4/t16-,25-;;;/m0.../s1. The minimum atomic E-state index is -0.453. The molecule has 2 aromatic heterocycles. The molecule has 0 aliphatic heterocycles. The molecule has 1 aliphatic carbocycles. The molecule has 0 saturated heterocycles. The van der Waals surface area contributed by atoms with Crippen LogP contribution in [-0.2, 0) is 4.79 Å². The average molecular weight is 509 g/mol. The van der Waals surface area contributed by atoms with Crippen LogP contribution in [0.1, 0.15) is 53.7 Å². The van der Waals surface area contributed by atoms with Crippen LogP contribution < -0.4 is 14.8 Å². The maximum absolute atomic E-state index is 13.3. The summed E-state index contributed by atoms with van der Waals surface area (Å²) in [6.45, 7) is 1.93. The Bertz CT molecular complexity index is 1300. The number of carbonyl (C=O) groups is 1. The van der Waals surface area contributed by atoms with Gasteiger partial charge in [0.15, 0.2) is 0 Å². The Kier molecular flexibility index (Phi) is 9.77. The molecule has 7 nitrogen and oxygen atoms in total. The lowest BCUT2D eigenvalue weighted by Crippen LogP contribution is -2.40. The van der Waals surface area contributed by atoms with Gasteiger partial charge in [0.2, 0.25) is 11.8 Å². The Morgan fingerprint density at radius 1 is 1.05 bits per heavy atom. The summed E-state index contributed by atoms with van der Waals surface area (Å²) in [5.74, 6) is 1.01. The Morgan fingerprint density at radius 3 is 2.41 bits per heavy atom. The maximum atomic E-state index is 13.3. The van der Waals surface area contributed by atoms with Gasteiger partial charge in [0, 0.05) is 29.1 Å². The first-order valence-corrected chi connectivity index (χ1v) is 11.2. The summed E-state index contributed by atoms with van der Waals surface area (Å²) in [5.41, 5.74) is 2.46. The van der Waals surface area contributed by atoms with E-state index in [9.17, 15) is 9.18 Å². The van der Waals surface area contributed by atoms with E-state index >= 15 is 0 Å². The Balaban J connectivity index is 0.00000160. The van der Waals surface area contributed by atoms with Crippen LogP contribution in [0, 0.1) is 11.7 Å². The summed E-state index contributed by atoms with van der Waals surface area (Å²) < 4.78 is 26.6. The number of benzene rings is 2. The Hall–Kier alpha value is -3.94. The molecule has 2 aromatic carbocycles. The van der Waals surface area contributed by atoms with Gasteiger partial charge in [-0.25, -0.2) is 14.1 Å². The highest BCUT2D eigenvalue weighted by molar-refractivity contribution is 5.82. The number of pyridine rings is 1. The van der Waals surface area contributed by atoms with Crippen molar-refractivity contribution in [3.8, 4) is 17.3 Å². The molecule has 1 aliphatic rings. The van der Waals surface area contributed by atoms with Gasteiger partial charge < -0.3 is 14.8 Å². The van der Waals surface area contributed by atoms with Gasteiger partial charge in [0.25, 0.3) is 0 Å². The number of hydrogen-bond acceptors (Lipinski definition) is 5. The zero-order chi connectivity index (χ0) is 23.7. The van der Waals surface area contributed by atoms with Crippen LogP contribution in [0.3, 0.4) is 0 Å². The third-order valence-corrected chi connectivity index (χ3v) is 5.94. The number of carbonyl (C=O) groups excluding carboxylic acids is 1. The molecule has 2 heterocycles. The third-order valence-electron chi connectivity index (χ3n) is 5.94. The molecule has 1 fully saturated rings. The number of nitrogens with zero attached hydrogens (tertiary/aromatic N) is 3. The largest absolute Gasteiger partial charge is 0.484 e. The van der Waals surface area contributed by atoms with Crippen LogP contribution in [0.4, 0.5) is 4.39 Å². The molecule has 1 saturated carbocycles. The summed E-state index contributed by atoms with van der Waals surface area (Å²) in [7, 11) is 1.57. The van der Waals surface area contributed by atoms with Gasteiger partial charge in [-0.05, 0) is 68.3 Å². The van der Waals surface area contributed by atoms with Gasteiger partial charge in [-0.1, -0.05) is 22.3 Å². The van der Waals surface area contributed by atoms with E-state index in [0.717, 1.165) is 35.0 Å². The number of halogens is 1. The zero-order valence-electron chi connectivity index (χ0n) is 18.9. The average Bonchev–Trinajstić information content (AvgIpc) is 3.63. The molecule has 8 heteroatoms. The molecule has 0 radical (unpaired) electrons. The van der Waals surface area contributed by atoms with E-state index in [1.807, 2.05) is 31.2 Å². The number of fused-ring (bicyclic) bond motifs is 1. The van der Waals surface area contributed by atoms with Crippen molar-refractivity contribution in [2.24, 2.45) is 5.92 Å². The molecule has 5 rings (SSSR count). The van der Waals surface area contributed by atoms with E-state index in [4.69, 9.17) is 9.47 Å². The van der Waals surface area contributed by atoms with Crippen molar-refractivity contribution in [2.75, 3.05) is 7.11 Å². The molecular formula is C29H37FN4O3. The fraction of sp³-hybridized carbons (Fsp3) is 0.345. The highest BCUT2D eigenvalue weighted by Gasteiger charge is 2.32. The lowest BCUT2D eigenvalue weighted by Gasteiger charge is -2.26. The lowest BCUT2D eigenvalue weighted by atomic mass is 10.0. The summed E-state index contributed by atoms with van der Waals surface area (Å²) in [5, 5.41) is 8.42. The van der Waals surface area contributed by atoms with Crippen molar-refractivity contribution in [1.29, 1.82) is 0 Å². The van der Waals surface area contributed by atoms with Crippen molar-refractivity contribution in [3.63, 3.8) is 0 Å². The highest BCUT2D eigenvalue weighted by atomic mass is 19.1. The minimum absolute atomic E-state index is 0. The lowest BCUT2D eigenvalue weighted by molar-refractivity contribution is -0.123. The molecule has 0 spiro atoms. The van der Waals surface area contributed by atoms with Gasteiger partial charge in [0.1, 0.15) is 17.7 Å². The highest BCUT2D eigenvalue weighted by Crippen LogP contribution is 2.32. The molecule has 198 valence electrons. The zero-order valence-corrected chi connectivity index (χ0v) is 18.9. The fourth-order valence-corrected chi connectivity index (χ4v) is 3.92. The van der Waals surface area contributed by atoms with Crippen LogP contribution >= 0.6 is 0 Å². The Morgan fingerprint density at radius 2 is 1.78 bits per heavy atom. The summed E-state index contributed by atoms with van der Waals surface area (Å²) in [4.78, 5) is 16.7. The van der Waals surface area contributed by atoms with Gasteiger partial charge in [-0.15, -0.1) is 0 Å².